The Bertz CT molecular complexity index is 396. The minimum atomic E-state index is -0.237. The minimum Gasteiger partial charge on any atom is -0.383 e. The highest BCUT2D eigenvalue weighted by molar-refractivity contribution is 5.22. The van der Waals surface area contributed by atoms with Gasteiger partial charge in [0.25, 0.3) is 0 Å². The fourth-order valence-electron chi connectivity index (χ4n) is 2.45. The maximum absolute atomic E-state index is 13.6. The summed E-state index contributed by atoms with van der Waals surface area (Å²) in [6, 6.07) is 6.55. The van der Waals surface area contributed by atoms with Gasteiger partial charge >= 0.3 is 0 Å². The Labute approximate surface area is 127 Å². The van der Waals surface area contributed by atoms with Crippen LogP contribution in [0.3, 0.4) is 0 Å². The van der Waals surface area contributed by atoms with Crippen molar-refractivity contribution in [2.24, 2.45) is 5.73 Å². The first-order valence-corrected chi connectivity index (χ1v) is 7.37. The Morgan fingerprint density at radius 2 is 1.81 bits per heavy atom. The van der Waals surface area contributed by atoms with Crippen molar-refractivity contribution in [1.29, 1.82) is 0 Å². The number of benzene rings is 1. The number of rotatable bonds is 10. The molecule has 21 heavy (non-hydrogen) atoms. The molecule has 120 valence electrons. The van der Waals surface area contributed by atoms with E-state index in [1.54, 1.807) is 26.4 Å². The molecule has 1 aromatic rings. The summed E-state index contributed by atoms with van der Waals surface area (Å²) >= 11 is 0. The van der Waals surface area contributed by atoms with E-state index in [9.17, 15) is 4.39 Å². The Kier molecular flexibility index (Phi) is 8.45. The van der Waals surface area contributed by atoms with Crippen molar-refractivity contribution in [2.75, 3.05) is 40.5 Å². The molecular formula is C16H27FN2O2. The molecule has 2 atom stereocenters. The SMILES string of the molecule is CCC(N)C(c1cccc(F)c1)N(CCOC)CCOC. The lowest BCUT2D eigenvalue weighted by Crippen LogP contribution is -2.43. The van der Waals surface area contributed by atoms with E-state index in [1.807, 2.05) is 13.0 Å². The summed E-state index contributed by atoms with van der Waals surface area (Å²) in [5, 5.41) is 0. The van der Waals surface area contributed by atoms with Crippen molar-refractivity contribution in [1.82, 2.24) is 4.90 Å². The lowest BCUT2D eigenvalue weighted by molar-refractivity contribution is 0.0774. The first-order chi connectivity index (χ1) is 10.1. The first-order valence-electron chi connectivity index (χ1n) is 7.37. The van der Waals surface area contributed by atoms with Crippen LogP contribution >= 0.6 is 0 Å². The van der Waals surface area contributed by atoms with Gasteiger partial charge in [0.1, 0.15) is 5.82 Å². The second kappa shape index (κ2) is 9.84. The predicted molar refractivity (Wildman–Crippen MR) is 82.7 cm³/mol. The summed E-state index contributed by atoms with van der Waals surface area (Å²) in [6.07, 6.45) is 0.817. The molecule has 0 fully saturated rings. The van der Waals surface area contributed by atoms with Gasteiger partial charge in [-0.3, -0.25) is 4.90 Å². The number of halogens is 1. The normalized spacial score (nSPS) is 14.4. The van der Waals surface area contributed by atoms with E-state index in [0.717, 1.165) is 25.1 Å². The van der Waals surface area contributed by atoms with Gasteiger partial charge in [-0.05, 0) is 24.1 Å². The fraction of sp³-hybridized carbons (Fsp3) is 0.625. The van der Waals surface area contributed by atoms with Crippen LogP contribution in [0.2, 0.25) is 0 Å². The van der Waals surface area contributed by atoms with E-state index in [2.05, 4.69) is 4.90 Å². The monoisotopic (exact) mass is 298 g/mol. The molecule has 0 amide bonds. The molecule has 1 aromatic carbocycles. The third-order valence-electron chi connectivity index (χ3n) is 3.63. The van der Waals surface area contributed by atoms with Gasteiger partial charge in [0.05, 0.1) is 19.3 Å². The molecule has 0 radical (unpaired) electrons. The molecule has 0 heterocycles. The highest BCUT2D eigenvalue weighted by atomic mass is 19.1. The Morgan fingerprint density at radius 1 is 1.19 bits per heavy atom. The van der Waals surface area contributed by atoms with Gasteiger partial charge in [0.15, 0.2) is 0 Å². The van der Waals surface area contributed by atoms with Gasteiger partial charge in [-0.25, -0.2) is 4.39 Å². The van der Waals surface area contributed by atoms with Crippen LogP contribution in [-0.4, -0.2) is 51.5 Å². The molecule has 0 aliphatic heterocycles. The molecule has 5 heteroatoms. The van der Waals surface area contributed by atoms with Crippen LogP contribution in [0.1, 0.15) is 24.9 Å². The van der Waals surface area contributed by atoms with E-state index in [1.165, 1.54) is 6.07 Å². The Hall–Kier alpha value is -1.01. The topological polar surface area (TPSA) is 47.7 Å². The van der Waals surface area contributed by atoms with Crippen molar-refractivity contribution < 1.29 is 13.9 Å². The van der Waals surface area contributed by atoms with Gasteiger partial charge in [0, 0.05) is 33.4 Å². The summed E-state index contributed by atoms with van der Waals surface area (Å²) in [5.41, 5.74) is 7.20. The zero-order chi connectivity index (χ0) is 15.7. The van der Waals surface area contributed by atoms with Gasteiger partial charge in [-0.2, -0.15) is 0 Å². The molecule has 0 aliphatic rings. The highest BCUT2D eigenvalue weighted by Gasteiger charge is 2.25. The summed E-state index contributed by atoms with van der Waals surface area (Å²) in [5.74, 6) is -0.237. The molecule has 0 saturated heterocycles. The molecule has 0 spiro atoms. The molecule has 0 aliphatic carbocycles. The minimum absolute atomic E-state index is 0.0454. The zero-order valence-electron chi connectivity index (χ0n) is 13.2. The predicted octanol–water partition coefficient (Wildman–Crippen LogP) is 2.20. The van der Waals surface area contributed by atoms with Crippen molar-refractivity contribution in [3.8, 4) is 0 Å². The average molecular weight is 298 g/mol. The van der Waals surface area contributed by atoms with Crippen LogP contribution in [-0.2, 0) is 9.47 Å². The van der Waals surface area contributed by atoms with Gasteiger partial charge in [-0.15, -0.1) is 0 Å². The van der Waals surface area contributed by atoms with Crippen LogP contribution in [0.5, 0.6) is 0 Å². The van der Waals surface area contributed by atoms with E-state index < -0.39 is 0 Å². The summed E-state index contributed by atoms with van der Waals surface area (Å²) in [7, 11) is 3.34. The largest absolute Gasteiger partial charge is 0.383 e. The van der Waals surface area contributed by atoms with Gasteiger partial charge in [-0.1, -0.05) is 19.1 Å². The Morgan fingerprint density at radius 3 is 2.29 bits per heavy atom. The smallest absolute Gasteiger partial charge is 0.123 e. The molecule has 0 saturated carbocycles. The molecule has 0 bridgehead atoms. The van der Waals surface area contributed by atoms with Crippen LogP contribution in [0.25, 0.3) is 0 Å². The standard InChI is InChI=1S/C16H27FN2O2/c1-4-15(18)16(13-6-5-7-14(17)12-13)19(8-10-20-2)9-11-21-3/h5-7,12,15-16H,4,8-11,18H2,1-3H3. The van der Waals surface area contributed by atoms with Crippen molar-refractivity contribution >= 4 is 0 Å². The lowest BCUT2D eigenvalue weighted by atomic mass is 9.96. The third-order valence-corrected chi connectivity index (χ3v) is 3.63. The van der Waals surface area contributed by atoms with Crippen molar-refractivity contribution in [3.63, 3.8) is 0 Å². The van der Waals surface area contributed by atoms with E-state index >= 15 is 0 Å². The summed E-state index contributed by atoms with van der Waals surface area (Å²) < 4.78 is 23.9. The quantitative estimate of drug-likeness (QED) is 0.719. The third kappa shape index (κ3) is 5.71. The second-order valence-electron chi connectivity index (χ2n) is 5.09. The second-order valence-corrected chi connectivity index (χ2v) is 5.09. The molecule has 4 nitrogen and oxygen atoms in total. The van der Waals surface area contributed by atoms with E-state index in [4.69, 9.17) is 15.2 Å². The number of methoxy groups -OCH3 is 2. The fourth-order valence-corrected chi connectivity index (χ4v) is 2.45. The summed E-state index contributed by atoms with van der Waals surface area (Å²) in [6.45, 7) is 4.71. The maximum Gasteiger partial charge on any atom is 0.123 e. The van der Waals surface area contributed by atoms with E-state index in [0.29, 0.717) is 13.2 Å². The molecule has 2 unspecified atom stereocenters. The lowest BCUT2D eigenvalue weighted by Gasteiger charge is -2.35. The number of nitrogens with two attached hydrogens (primary N) is 1. The molecule has 1 rings (SSSR count). The van der Waals surface area contributed by atoms with E-state index in [-0.39, 0.29) is 17.9 Å². The molecule has 0 aromatic heterocycles. The van der Waals surface area contributed by atoms with Gasteiger partial charge in [0.2, 0.25) is 0 Å². The van der Waals surface area contributed by atoms with Crippen LogP contribution < -0.4 is 5.73 Å². The van der Waals surface area contributed by atoms with Crippen LogP contribution in [0.15, 0.2) is 24.3 Å². The summed E-state index contributed by atoms with van der Waals surface area (Å²) in [4.78, 5) is 2.20. The van der Waals surface area contributed by atoms with Crippen LogP contribution in [0, 0.1) is 5.82 Å². The maximum atomic E-state index is 13.6. The number of ether oxygens (including phenoxy) is 2. The average Bonchev–Trinajstić information content (AvgIpc) is 2.49. The zero-order valence-corrected chi connectivity index (χ0v) is 13.2. The first kappa shape index (κ1) is 18.0. The van der Waals surface area contributed by atoms with Gasteiger partial charge < -0.3 is 15.2 Å². The number of hydrogen-bond donors (Lipinski definition) is 1. The van der Waals surface area contributed by atoms with Crippen molar-refractivity contribution in [3.05, 3.63) is 35.6 Å². The van der Waals surface area contributed by atoms with Crippen molar-refractivity contribution in [2.45, 2.75) is 25.4 Å². The van der Waals surface area contributed by atoms with Crippen LogP contribution in [0.4, 0.5) is 4.39 Å². The molecular weight excluding hydrogens is 271 g/mol. The molecule has 2 N–H and O–H groups in total. The number of nitrogens with zero attached hydrogens (tertiary/aromatic N) is 1. The highest BCUT2D eigenvalue weighted by Crippen LogP contribution is 2.25. The Balaban J connectivity index is 3.00. The number of hydrogen-bond acceptors (Lipinski definition) is 4.